The van der Waals surface area contributed by atoms with E-state index in [9.17, 15) is 13.6 Å². The molecule has 0 saturated carbocycles. The molecule has 0 radical (unpaired) electrons. The number of anilines is 3. The summed E-state index contributed by atoms with van der Waals surface area (Å²) in [6.45, 7) is 4.71. The summed E-state index contributed by atoms with van der Waals surface area (Å²) in [5.74, 6) is -3.51. The Morgan fingerprint density at radius 2 is 1.85 bits per heavy atom. The number of aromatic nitrogens is 4. The van der Waals surface area contributed by atoms with Crippen molar-refractivity contribution in [3.63, 3.8) is 0 Å². The van der Waals surface area contributed by atoms with Crippen molar-refractivity contribution in [1.82, 2.24) is 24.8 Å². The summed E-state index contributed by atoms with van der Waals surface area (Å²) in [5, 5.41) is 5.72. The first-order valence-corrected chi connectivity index (χ1v) is 10.5. The molecule has 0 aliphatic rings. The molecule has 0 aliphatic carbocycles. The lowest BCUT2D eigenvalue weighted by Gasteiger charge is -2.16. The summed E-state index contributed by atoms with van der Waals surface area (Å²) in [5.41, 5.74) is 3.29. The summed E-state index contributed by atoms with van der Waals surface area (Å²) in [7, 11) is 3.95. The monoisotopic (exact) mass is 455 g/mol. The Morgan fingerprint density at radius 3 is 2.42 bits per heavy atom. The Morgan fingerprint density at radius 1 is 1.09 bits per heavy atom. The summed E-state index contributed by atoms with van der Waals surface area (Å²) in [6.07, 6.45) is 3.81. The van der Waals surface area contributed by atoms with Gasteiger partial charge < -0.3 is 15.5 Å². The second kappa shape index (κ2) is 9.95. The second-order valence-corrected chi connectivity index (χ2v) is 8.02. The summed E-state index contributed by atoms with van der Waals surface area (Å²) in [6, 6.07) is 7.06. The number of nitrogens with one attached hydrogen (secondary N) is 2. The highest BCUT2D eigenvalue weighted by atomic mass is 19.3. The lowest BCUT2D eigenvalue weighted by molar-refractivity contribution is -0.114. The van der Waals surface area contributed by atoms with Gasteiger partial charge in [0.05, 0.1) is 11.4 Å². The zero-order valence-electron chi connectivity index (χ0n) is 19.3. The maximum absolute atomic E-state index is 13.9. The number of nitrogens with zero attached hydrogens (tertiary/aromatic N) is 5. The van der Waals surface area contributed by atoms with Crippen LogP contribution in [0.3, 0.4) is 0 Å². The normalized spacial score (nSPS) is 11.5. The molecule has 0 saturated heterocycles. The van der Waals surface area contributed by atoms with Crippen LogP contribution in [0.25, 0.3) is 11.3 Å². The maximum Gasteiger partial charge on any atom is 0.303 e. The number of halogens is 2. The number of alkyl halides is 2. The van der Waals surface area contributed by atoms with Crippen molar-refractivity contribution < 1.29 is 13.6 Å². The third-order valence-electron chi connectivity index (χ3n) is 4.60. The molecule has 1 amide bonds. The van der Waals surface area contributed by atoms with Gasteiger partial charge in [0, 0.05) is 56.2 Å². The first-order valence-electron chi connectivity index (χ1n) is 10.5. The molecule has 0 aliphatic heterocycles. The number of pyridine rings is 2. The smallest absolute Gasteiger partial charge is 0.303 e. The quantitative estimate of drug-likeness (QED) is 0.521. The van der Waals surface area contributed by atoms with Gasteiger partial charge in [0.1, 0.15) is 11.6 Å². The minimum absolute atomic E-state index is 0.212. The SMILES string of the molecule is CCc1cc(Nc2cc(NC(C)=O)ncc2-c2ccc(CN(C)C)cn2)nc(C(C)(F)F)n1. The average molecular weight is 456 g/mol. The standard InChI is InChI=1S/C23H27F2N7O/c1-6-16-9-21(31-22(29-16)23(3,24)25)30-19-10-20(28-14(2)33)27-12-17(19)18-8-7-15(11-26-18)13-32(4)5/h7-12H,6,13H2,1-5H3,(H2,27,28,29,30,31,33). The molecule has 33 heavy (non-hydrogen) atoms. The predicted molar refractivity (Wildman–Crippen MR) is 123 cm³/mol. The Kier molecular flexibility index (Phi) is 7.27. The van der Waals surface area contributed by atoms with Gasteiger partial charge in [0.25, 0.3) is 0 Å². The van der Waals surface area contributed by atoms with E-state index >= 15 is 0 Å². The van der Waals surface area contributed by atoms with Gasteiger partial charge in [-0.3, -0.25) is 9.78 Å². The van der Waals surface area contributed by atoms with E-state index in [1.807, 2.05) is 38.1 Å². The highest BCUT2D eigenvalue weighted by molar-refractivity contribution is 5.89. The number of amides is 1. The van der Waals surface area contributed by atoms with E-state index in [2.05, 4.69) is 30.6 Å². The zero-order valence-corrected chi connectivity index (χ0v) is 19.3. The first-order chi connectivity index (χ1) is 15.5. The molecular formula is C23H27F2N7O. The van der Waals surface area contributed by atoms with E-state index < -0.39 is 11.7 Å². The van der Waals surface area contributed by atoms with Gasteiger partial charge in [-0.2, -0.15) is 8.78 Å². The molecule has 0 bridgehead atoms. The van der Waals surface area contributed by atoms with Crippen molar-refractivity contribution >= 4 is 23.2 Å². The van der Waals surface area contributed by atoms with Gasteiger partial charge in [-0.1, -0.05) is 13.0 Å². The number of hydrogen-bond acceptors (Lipinski definition) is 7. The van der Waals surface area contributed by atoms with Crippen molar-refractivity contribution in [2.24, 2.45) is 0 Å². The summed E-state index contributed by atoms with van der Waals surface area (Å²) in [4.78, 5) is 30.3. The molecule has 0 unspecified atom stereocenters. The van der Waals surface area contributed by atoms with Crippen molar-refractivity contribution in [2.45, 2.75) is 39.7 Å². The van der Waals surface area contributed by atoms with E-state index in [0.717, 1.165) is 19.0 Å². The van der Waals surface area contributed by atoms with Crippen LogP contribution in [0, 0.1) is 0 Å². The molecule has 0 fully saturated rings. The second-order valence-electron chi connectivity index (χ2n) is 8.02. The van der Waals surface area contributed by atoms with E-state index in [4.69, 9.17) is 0 Å². The summed E-state index contributed by atoms with van der Waals surface area (Å²) < 4.78 is 27.9. The van der Waals surface area contributed by atoms with Crippen LogP contribution in [0.1, 0.15) is 37.9 Å². The number of hydrogen-bond donors (Lipinski definition) is 2. The van der Waals surface area contributed by atoms with Gasteiger partial charge in [-0.25, -0.2) is 15.0 Å². The van der Waals surface area contributed by atoms with Crippen molar-refractivity contribution in [3.8, 4) is 11.3 Å². The first kappa shape index (κ1) is 24.1. The number of carbonyl (C=O) groups is 1. The highest BCUT2D eigenvalue weighted by Crippen LogP contribution is 2.32. The molecule has 3 aromatic heterocycles. The van der Waals surface area contributed by atoms with Gasteiger partial charge in [0.2, 0.25) is 11.7 Å². The third kappa shape index (κ3) is 6.48. The third-order valence-corrected chi connectivity index (χ3v) is 4.60. The minimum Gasteiger partial charge on any atom is -0.339 e. The van der Waals surface area contributed by atoms with E-state index in [1.54, 1.807) is 24.5 Å². The molecule has 3 heterocycles. The molecule has 10 heteroatoms. The molecule has 8 nitrogen and oxygen atoms in total. The van der Waals surface area contributed by atoms with Crippen LogP contribution in [0.4, 0.5) is 26.1 Å². The average Bonchev–Trinajstić information content (AvgIpc) is 2.73. The van der Waals surface area contributed by atoms with Crippen LogP contribution in [-0.4, -0.2) is 44.8 Å². The Bertz CT molecular complexity index is 1130. The Balaban J connectivity index is 2.05. The highest BCUT2D eigenvalue weighted by Gasteiger charge is 2.29. The Hall–Kier alpha value is -3.53. The largest absolute Gasteiger partial charge is 0.339 e. The minimum atomic E-state index is -3.19. The maximum atomic E-state index is 13.9. The fraction of sp³-hybridized carbons (Fsp3) is 0.348. The molecule has 174 valence electrons. The Labute approximate surface area is 191 Å². The van der Waals surface area contributed by atoms with Crippen LogP contribution < -0.4 is 10.6 Å². The number of carbonyl (C=O) groups excluding carboxylic acids is 1. The van der Waals surface area contributed by atoms with Crippen LogP contribution in [0.2, 0.25) is 0 Å². The fourth-order valence-corrected chi connectivity index (χ4v) is 3.13. The van der Waals surface area contributed by atoms with Crippen molar-refractivity contribution in [1.29, 1.82) is 0 Å². The van der Waals surface area contributed by atoms with Gasteiger partial charge in [-0.05, 0) is 32.1 Å². The molecule has 0 aromatic carbocycles. The van der Waals surface area contributed by atoms with Crippen molar-refractivity contribution in [3.05, 3.63) is 53.7 Å². The van der Waals surface area contributed by atoms with E-state index in [-0.39, 0.29) is 11.7 Å². The number of rotatable bonds is 8. The molecule has 3 aromatic rings. The van der Waals surface area contributed by atoms with Crippen LogP contribution in [-0.2, 0) is 23.7 Å². The van der Waals surface area contributed by atoms with Crippen molar-refractivity contribution in [2.75, 3.05) is 24.7 Å². The topological polar surface area (TPSA) is 95.9 Å². The lowest BCUT2D eigenvalue weighted by Crippen LogP contribution is -2.15. The summed E-state index contributed by atoms with van der Waals surface area (Å²) >= 11 is 0. The zero-order chi connectivity index (χ0) is 24.2. The van der Waals surface area contributed by atoms with Crippen LogP contribution >= 0.6 is 0 Å². The van der Waals surface area contributed by atoms with Gasteiger partial charge >= 0.3 is 5.92 Å². The van der Waals surface area contributed by atoms with Gasteiger partial charge in [-0.15, -0.1) is 0 Å². The van der Waals surface area contributed by atoms with Crippen LogP contribution in [0.5, 0.6) is 0 Å². The lowest BCUT2D eigenvalue weighted by atomic mass is 10.1. The predicted octanol–water partition coefficient (Wildman–Crippen LogP) is 4.37. The van der Waals surface area contributed by atoms with E-state index in [1.165, 1.54) is 6.92 Å². The molecule has 3 rings (SSSR count). The van der Waals surface area contributed by atoms with E-state index in [0.29, 0.717) is 34.9 Å². The molecule has 0 spiro atoms. The molecule has 2 N–H and O–H groups in total. The van der Waals surface area contributed by atoms with Gasteiger partial charge in [0.15, 0.2) is 0 Å². The molecule has 0 atom stereocenters. The van der Waals surface area contributed by atoms with Crippen LogP contribution in [0.15, 0.2) is 36.7 Å². The number of aryl methyl sites for hydroxylation is 1. The molecular weight excluding hydrogens is 428 g/mol. The fourth-order valence-electron chi connectivity index (χ4n) is 3.13.